The van der Waals surface area contributed by atoms with E-state index >= 15 is 0 Å². The average Bonchev–Trinajstić information content (AvgIpc) is 3.39. The highest BCUT2D eigenvalue weighted by Gasteiger charge is 2.32. The first-order chi connectivity index (χ1) is 24.2. The Hall–Kier alpha value is -5.59. The molecule has 51 heavy (non-hydrogen) atoms. The van der Waals surface area contributed by atoms with Gasteiger partial charge in [0.25, 0.3) is 0 Å². The molecule has 0 aliphatic heterocycles. The zero-order chi connectivity index (χ0) is 37.1. The van der Waals surface area contributed by atoms with Crippen molar-refractivity contribution in [3.8, 4) is 11.1 Å². The summed E-state index contributed by atoms with van der Waals surface area (Å²) in [5, 5.41) is 13.4. The summed E-state index contributed by atoms with van der Waals surface area (Å²) in [7, 11) is 0. The largest absolute Gasteiger partial charge is 0.449 e. The van der Waals surface area contributed by atoms with Gasteiger partial charge in [0.05, 0.1) is 0 Å². The summed E-state index contributed by atoms with van der Waals surface area (Å²) in [6.07, 6.45) is -0.787. The monoisotopic (exact) mass is 700 g/mol. The number of anilines is 1. The number of ether oxygens (including phenoxy) is 2. The number of rotatable bonds is 14. The smallest absolute Gasteiger partial charge is 0.407 e. The van der Waals surface area contributed by atoms with Gasteiger partial charge in [-0.1, -0.05) is 74.5 Å². The number of nitrogens with two attached hydrogens (primary N) is 1. The van der Waals surface area contributed by atoms with Crippen molar-refractivity contribution < 1.29 is 33.4 Å². The number of carbonyl (C=O) groups excluding carboxylic acids is 5. The zero-order valence-electron chi connectivity index (χ0n) is 29.7. The molecule has 13 nitrogen and oxygen atoms in total. The Labute approximate surface area is 298 Å². The minimum absolute atomic E-state index is 0.0834. The first-order valence-corrected chi connectivity index (χ1v) is 17.0. The number of amides is 6. The SMILES string of the molecule is CC(C)[C@H](NC(=O)OCC1c2ccccc2-c2ccccc21)C(=O)N[C@@H](CCCNC(N)=O)C(=O)Nc1ccc(CNC(=O)OC(C)(C)C)cc1. The molecule has 0 bridgehead atoms. The summed E-state index contributed by atoms with van der Waals surface area (Å²) in [5.41, 5.74) is 10.1. The van der Waals surface area contributed by atoms with Crippen LogP contribution in [0.1, 0.15) is 70.1 Å². The van der Waals surface area contributed by atoms with Crippen LogP contribution in [0.4, 0.5) is 20.1 Å². The van der Waals surface area contributed by atoms with Crippen LogP contribution in [0, 0.1) is 5.92 Å². The third-order valence-corrected chi connectivity index (χ3v) is 8.23. The van der Waals surface area contributed by atoms with Gasteiger partial charge in [0, 0.05) is 24.7 Å². The number of hydrogen-bond acceptors (Lipinski definition) is 7. The van der Waals surface area contributed by atoms with Crippen molar-refractivity contribution in [2.75, 3.05) is 18.5 Å². The summed E-state index contributed by atoms with van der Waals surface area (Å²) in [6, 6.07) is 20.1. The van der Waals surface area contributed by atoms with Crippen molar-refractivity contribution in [1.29, 1.82) is 0 Å². The minimum atomic E-state index is -1.01. The fourth-order valence-corrected chi connectivity index (χ4v) is 5.77. The van der Waals surface area contributed by atoms with E-state index in [2.05, 4.69) is 26.6 Å². The maximum Gasteiger partial charge on any atom is 0.407 e. The Morgan fingerprint density at radius 1 is 0.784 bits per heavy atom. The Morgan fingerprint density at radius 2 is 1.39 bits per heavy atom. The molecule has 1 aliphatic carbocycles. The van der Waals surface area contributed by atoms with Crippen molar-refractivity contribution in [2.45, 2.75) is 77.6 Å². The van der Waals surface area contributed by atoms with E-state index in [1.807, 2.05) is 48.5 Å². The maximum atomic E-state index is 13.6. The van der Waals surface area contributed by atoms with E-state index in [1.165, 1.54) is 0 Å². The predicted octanol–water partition coefficient (Wildman–Crippen LogP) is 5.15. The molecule has 0 aromatic heterocycles. The van der Waals surface area contributed by atoms with Crippen LogP contribution in [0.25, 0.3) is 11.1 Å². The summed E-state index contributed by atoms with van der Waals surface area (Å²) in [4.78, 5) is 63.3. The average molecular weight is 701 g/mol. The molecule has 0 heterocycles. The number of alkyl carbamates (subject to hydrolysis) is 2. The summed E-state index contributed by atoms with van der Waals surface area (Å²) >= 11 is 0. The second-order valence-electron chi connectivity index (χ2n) is 13.7. The van der Waals surface area contributed by atoms with E-state index in [-0.39, 0.29) is 38.0 Å². The normalized spacial score (nSPS) is 13.2. The number of fused-ring (bicyclic) bond motifs is 3. The summed E-state index contributed by atoms with van der Waals surface area (Å²) in [6.45, 7) is 9.38. The highest BCUT2D eigenvalue weighted by atomic mass is 16.6. The molecule has 0 spiro atoms. The third-order valence-electron chi connectivity index (χ3n) is 8.23. The second-order valence-corrected chi connectivity index (χ2v) is 13.7. The van der Waals surface area contributed by atoms with Gasteiger partial charge in [-0.3, -0.25) is 9.59 Å². The zero-order valence-corrected chi connectivity index (χ0v) is 29.7. The highest BCUT2D eigenvalue weighted by molar-refractivity contribution is 5.98. The topological polar surface area (TPSA) is 190 Å². The van der Waals surface area contributed by atoms with Crippen molar-refractivity contribution >= 4 is 35.7 Å². The lowest BCUT2D eigenvalue weighted by atomic mass is 9.98. The molecular weight excluding hydrogens is 652 g/mol. The molecule has 4 rings (SSSR count). The molecule has 2 atom stereocenters. The molecule has 0 radical (unpaired) electrons. The molecule has 6 amide bonds. The van der Waals surface area contributed by atoms with Crippen LogP contribution in [0.5, 0.6) is 0 Å². The predicted molar refractivity (Wildman–Crippen MR) is 194 cm³/mol. The molecule has 0 fully saturated rings. The summed E-state index contributed by atoms with van der Waals surface area (Å²) in [5.74, 6) is -1.55. The molecule has 0 saturated carbocycles. The van der Waals surface area contributed by atoms with Crippen LogP contribution in [-0.4, -0.2) is 60.9 Å². The van der Waals surface area contributed by atoms with Gasteiger partial charge < -0.3 is 41.8 Å². The molecular formula is C38H48N6O7. The van der Waals surface area contributed by atoms with Gasteiger partial charge >= 0.3 is 18.2 Å². The number of primary amides is 1. The van der Waals surface area contributed by atoms with Crippen LogP contribution in [0.15, 0.2) is 72.8 Å². The highest BCUT2D eigenvalue weighted by Crippen LogP contribution is 2.44. The van der Waals surface area contributed by atoms with Crippen LogP contribution in [-0.2, 0) is 25.6 Å². The van der Waals surface area contributed by atoms with Gasteiger partial charge in [-0.15, -0.1) is 0 Å². The van der Waals surface area contributed by atoms with E-state index in [4.69, 9.17) is 15.2 Å². The van der Waals surface area contributed by atoms with E-state index in [9.17, 15) is 24.0 Å². The number of carbonyl (C=O) groups is 5. The van der Waals surface area contributed by atoms with Gasteiger partial charge in [0.2, 0.25) is 11.8 Å². The fourth-order valence-electron chi connectivity index (χ4n) is 5.77. The molecule has 3 aromatic carbocycles. The van der Waals surface area contributed by atoms with Crippen molar-refractivity contribution in [2.24, 2.45) is 11.7 Å². The molecule has 0 unspecified atom stereocenters. The maximum absolute atomic E-state index is 13.6. The van der Waals surface area contributed by atoms with E-state index in [0.717, 1.165) is 27.8 Å². The number of hydrogen-bond donors (Lipinski definition) is 6. The Balaban J connectivity index is 1.37. The number of urea groups is 1. The van der Waals surface area contributed by atoms with Crippen LogP contribution < -0.4 is 32.3 Å². The van der Waals surface area contributed by atoms with Crippen molar-refractivity contribution in [3.63, 3.8) is 0 Å². The first kappa shape index (κ1) is 38.2. The Bertz CT molecular complexity index is 1660. The van der Waals surface area contributed by atoms with Crippen LogP contribution >= 0.6 is 0 Å². The van der Waals surface area contributed by atoms with E-state index in [1.54, 1.807) is 58.9 Å². The van der Waals surface area contributed by atoms with E-state index < -0.39 is 47.7 Å². The first-order valence-electron chi connectivity index (χ1n) is 17.0. The standard InChI is InChI=1S/C38H48N6O7/c1-23(2)32(44-37(49)50-22-30-28-13-8-6-11-26(28)27-12-7-9-14-29(27)30)34(46)43-31(15-10-20-40-35(39)47)33(45)42-25-18-16-24(17-19-25)21-41-36(48)51-38(3,4)5/h6-9,11-14,16-19,23,30-32H,10,15,20-22H2,1-5H3,(H,41,48)(H,42,45)(H,43,46)(H,44,49)(H3,39,40,47)/t31-,32-/m0/s1. The number of benzene rings is 3. The minimum Gasteiger partial charge on any atom is -0.449 e. The molecule has 3 aromatic rings. The lowest BCUT2D eigenvalue weighted by molar-refractivity contribution is -0.128. The lowest BCUT2D eigenvalue weighted by Gasteiger charge is -2.25. The molecule has 272 valence electrons. The Kier molecular flexibility index (Phi) is 13.0. The number of nitrogens with one attached hydrogen (secondary N) is 5. The van der Waals surface area contributed by atoms with Gasteiger partial charge in [0.1, 0.15) is 24.3 Å². The second kappa shape index (κ2) is 17.4. The van der Waals surface area contributed by atoms with Gasteiger partial charge in [-0.2, -0.15) is 0 Å². The molecule has 1 aliphatic rings. The van der Waals surface area contributed by atoms with Gasteiger partial charge in [-0.05, 0) is 79.5 Å². The lowest BCUT2D eigenvalue weighted by Crippen LogP contribution is -2.54. The Morgan fingerprint density at radius 3 is 1.96 bits per heavy atom. The molecule has 7 N–H and O–H groups in total. The summed E-state index contributed by atoms with van der Waals surface area (Å²) < 4.78 is 10.9. The third kappa shape index (κ3) is 11.2. The molecule has 0 saturated heterocycles. The quantitative estimate of drug-likeness (QED) is 0.125. The van der Waals surface area contributed by atoms with Gasteiger partial charge in [-0.25, -0.2) is 14.4 Å². The van der Waals surface area contributed by atoms with Gasteiger partial charge in [0.15, 0.2) is 0 Å². The molecule has 13 heteroatoms. The van der Waals surface area contributed by atoms with Crippen molar-refractivity contribution in [3.05, 3.63) is 89.5 Å². The van der Waals surface area contributed by atoms with Crippen LogP contribution in [0.3, 0.4) is 0 Å². The fraction of sp³-hybridized carbons (Fsp3) is 0.395. The van der Waals surface area contributed by atoms with Crippen molar-refractivity contribution in [1.82, 2.24) is 21.3 Å². The van der Waals surface area contributed by atoms with Crippen LogP contribution in [0.2, 0.25) is 0 Å². The van der Waals surface area contributed by atoms with E-state index in [0.29, 0.717) is 12.1 Å².